The maximum absolute atomic E-state index is 13.2. The molecule has 2 aromatic rings. The van der Waals surface area contributed by atoms with Gasteiger partial charge in [-0.15, -0.1) is 0 Å². The molecular weight excluding hydrogens is 440 g/mol. The molecule has 0 aromatic heterocycles. The number of hydrogen-bond acceptors (Lipinski definition) is 4. The topological polar surface area (TPSA) is 64.2 Å². The summed E-state index contributed by atoms with van der Waals surface area (Å²) in [6.07, 6.45) is 1.66. The van der Waals surface area contributed by atoms with Crippen LogP contribution in [0.4, 0.5) is 11.4 Å². The van der Waals surface area contributed by atoms with Crippen LogP contribution >= 0.6 is 0 Å². The van der Waals surface area contributed by atoms with Crippen molar-refractivity contribution < 1.29 is 14.4 Å². The van der Waals surface area contributed by atoms with Gasteiger partial charge in [-0.25, -0.2) is 0 Å². The molecule has 3 saturated heterocycles. The van der Waals surface area contributed by atoms with Gasteiger partial charge in [0.25, 0.3) is 0 Å². The monoisotopic (exact) mass is 474 g/mol. The number of piperazine rings is 1. The summed E-state index contributed by atoms with van der Waals surface area (Å²) in [6, 6.07) is 18.2. The summed E-state index contributed by atoms with van der Waals surface area (Å²) in [6.45, 7) is 6.81. The summed E-state index contributed by atoms with van der Waals surface area (Å²) >= 11 is 0. The first-order valence-corrected chi connectivity index (χ1v) is 12.7. The molecule has 3 aliphatic rings. The zero-order valence-electron chi connectivity index (χ0n) is 20.4. The maximum Gasteiger partial charge on any atom is 0.228 e. The average molecular weight is 475 g/mol. The Labute approximate surface area is 207 Å². The molecule has 0 radical (unpaired) electrons. The van der Waals surface area contributed by atoms with Crippen molar-refractivity contribution in [1.82, 2.24) is 9.80 Å². The number of piperidine rings is 1. The quantitative estimate of drug-likeness (QED) is 0.684. The molecule has 0 unspecified atom stereocenters. The Morgan fingerprint density at radius 3 is 1.97 bits per heavy atom. The van der Waals surface area contributed by atoms with Gasteiger partial charge in [-0.05, 0) is 44.0 Å². The number of para-hydroxylation sites is 1. The number of rotatable bonds is 4. The first-order valence-electron chi connectivity index (χ1n) is 12.7. The second kappa shape index (κ2) is 10.1. The van der Waals surface area contributed by atoms with Gasteiger partial charge in [-0.2, -0.15) is 0 Å². The van der Waals surface area contributed by atoms with E-state index in [9.17, 15) is 14.4 Å². The fraction of sp³-hybridized carbons (Fsp3) is 0.464. The Morgan fingerprint density at radius 2 is 1.31 bits per heavy atom. The Morgan fingerprint density at radius 1 is 0.714 bits per heavy atom. The van der Waals surface area contributed by atoms with Crippen molar-refractivity contribution in [1.29, 1.82) is 0 Å². The normalized spacial score (nSPS) is 21.5. The summed E-state index contributed by atoms with van der Waals surface area (Å²) in [7, 11) is 0. The number of nitrogens with zero attached hydrogens (tertiary/aromatic N) is 4. The molecule has 7 heteroatoms. The number of amides is 3. The molecule has 3 aliphatic heterocycles. The molecule has 1 atom stereocenters. The lowest BCUT2D eigenvalue weighted by molar-refractivity contribution is -0.142. The summed E-state index contributed by atoms with van der Waals surface area (Å²) < 4.78 is 0. The van der Waals surface area contributed by atoms with Gasteiger partial charge in [0.1, 0.15) is 0 Å². The zero-order chi connectivity index (χ0) is 24.4. The first-order chi connectivity index (χ1) is 17.0. The lowest BCUT2D eigenvalue weighted by Crippen LogP contribution is -2.52. The molecule has 0 aliphatic carbocycles. The van der Waals surface area contributed by atoms with Gasteiger partial charge in [-0.1, -0.05) is 35.9 Å². The Balaban J connectivity index is 1.10. The highest BCUT2D eigenvalue weighted by atomic mass is 16.2. The molecule has 5 rings (SSSR count). The average Bonchev–Trinajstić information content (AvgIpc) is 3.30. The number of hydrogen-bond donors (Lipinski definition) is 0. The number of carbonyl (C=O) groups is 3. The molecule has 2 aromatic carbocycles. The van der Waals surface area contributed by atoms with Crippen LogP contribution in [0, 0.1) is 18.8 Å². The third kappa shape index (κ3) is 5.04. The summed E-state index contributed by atoms with van der Waals surface area (Å²) in [4.78, 5) is 46.8. The van der Waals surface area contributed by atoms with E-state index in [0.717, 1.165) is 37.4 Å². The SMILES string of the molecule is Cc1ccc(N2C[C@H](C(=O)N3CCC(C(=O)N4CCN(c5ccccc5)CC4)CC3)CC2=O)cc1. The van der Waals surface area contributed by atoms with Crippen molar-refractivity contribution in [2.75, 3.05) is 55.6 Å². The standard InChI is InChI=1S/C28H34N4O3/c1-21-7-9-25(10-8-21)32-20-23(19-26(32)33)28(35)30-13-11-22(12-14-30)27(34)31-17-15-29(16-18-31)24-5-3-2-4-6-24/h2-10,22-23H,11-20H2,1H3/t23-/m1/s1. The number of anilines is 2. The van der Waals surface area contributed by atoms with Crippen molar-refractivity contribution >= 4 is 29.1 Å². The van der Waals surface area contributed by atoms with E-state index in [1.807, 2.05) is 59.2 Å². The van der Waals surface area contributed by atoms with Gasteiger partial charge >= 0.3 is 0 Å². The van der Waals surface area contributed by atoms with Crippen LogP contribution in [-0.4, -0.2) is 73.3 Å². The molecule has 7 nitrogen and oxygen atoms in total. The van der Waals surface area contributed by atoms with Gasteiger partial charge in [0.2, 0.25) is 17.7 Å². The van der Waals surface area contributed by atoms with E-state index in [-0.39, 0.29) is 36.0 Å². The first kappa shape index (κ1) is 23.4. The third-order valence-corrected chi connectivity index (χ3v) is 7.69. The van der Waals surface area contributed by atoms with E-state index in [4.69, 9.17) is 0 Å². The van der Waals surface area contributed by atoms with Gasteiger partial charge in [0, 0.05) is 69.5 Å². The molecule has 3 amide bonds. The minimum atomic E-state index is -0.304. The molecule has 3 heterocycles. The number of aryl methyl sites for hydroxylation is 1. The summed E-state index contributed by atoms with van der Waals surface area (Å²) in [5, 5.41) is 0. The zero-order valence-corrected chi connectivity index (χ0v) is 20.4. The Hall–Kier alpha value is -3.35. The fourth-order valence-electron chi connectivity index (χ4n) is 5.53. The van der Waals surface area contributed by atoms with Crippen molar-refractivity contribution in [2.24, 2.45) is 11.8 Å². The van der Waals surface area contributed by atoms with Crippen LogP contribution < -0.4 is 9.80 Å². The molecule has 35 heavy (non-hydrogen) atoms. The maximum atomic E-state index is 13.2. The highest BCUT2D eigenvalue weighted by molar-refractivity contribution is 6.00. The third-order valence-electron chi connectivity index (χ3n) is 7.69. The number of carbonyl (C=O) groups excluding carboxylic acids is 3. The highest BCUT2D eigenvalue weighted by Crippen LogP contribution is 2.29. The van der Waals surface area contributed by atoms with Crippen molar-refractivity contribution in [2.45, 2.75) is 26.2 Å². The molecule has 0 spiro atoms. The minimum Gasteiger partial charge on any atom is -0.368 e. The van der Waals surface area contributed by atoms with E-state index in [0.29, 0.717) is 32.5 Å². The van der Waals surface area contributed by atoms with Gasteiger partial charge in [0.15, 0.2) is 0 Å². The van der Waals surface area contributed by atoms with Crippen LogP contribution in [-0.2, 0) is 14.4 Å². The highest BCUT2D eigenvalue weighted by Gasteiger charge is 2.39. The van der Waals surface area contributed by atoms with Crippen molar-refractivity contribution in [3.05, 3.63) is 60.2 Å². The van der Waals surface area contributed by atoms with Gasteiger partial charge in [-0.3, -0.25) is 14.4 Å². The lowest BCUT2D eigenvalue weighted by atomic mass is 9.93. The molecule has 0 saturated carbocycles. The van der Waals surface area contributed by atoms with Gasteiger partial charge in [0.05, 0.1) is 5.92 Å². The second-order valence-electron chi connectivity index (χ2n) is 9.99. The van der Waals surface area contributed by atoms with Crippen LogP contribution in [0.2, 0.25) is 0 Å². The predicted octanol–water partition coefficient (Wildman–Crippen LogP) is 2.94. The molecule has 3 fully saturated rings. The minimum absolute atomic E-state index is 0.00640. The van der Waals surface area contributed by atoms with Crippen LogP contribution in [0.25, 0.3) is 0 Å². The van der Waals surface area contributed by atoms with E-state index in [2.05, 4.69) is 17.0 Å². The smallest absolute Gasteiger partial charge is 0.228 e. The fourth-order valence-corrected chi connectivity index (χ4v) is 5.53. The van der Waals surface area contributed by atoms with E-state index < -0.39 is 0 Å². The Kier molecular flexibility index (Phi) is 6.75. The molecule has 0 N–H and O–H groups in total. The van der Waals surface area contributed by atoms with E-state index in [1.165, 1.54) is 5.69 Å². The number of benzene rings is 2. The van der Waals surface area contributed by atoms with E-state index >= 15 is 0 Å². The lowest BCUT2D eigenvalue weighted by Gasteiger charge is -2.39. The number of likely N-dealkylation sites (tertiary alicyclic amines) is 1. The van der Waals surface area contributed by atoms with Gasteiger partial charge < -0.3 is 19.6 Å². The largest absolute Gasteiger partial charge is 0.368 e. The molecular formula is C28H34N4O3. The van der Waals surface area contributed by atoms with E-state index in [1.54, 1.807) is 4.90 Å². The van der Waals surface area contributed by atoms with Crippen LogP contribution in [0.1, 0.15) is 24.8 Å². The van der Waals surface area contributed by atoms with Crippen molar-refractivity contribution in [3.8, 4) is 0 Å². The summed E-state index contributed by atoms with van der Waals surface area (Å²) in [5.41, 5.74) is 3.20. The molecule has 0 bridgehead atoms. The summed E-state index contributed by atoms with van der Waals surface area (Å²) in [5.74, 6) is -0.0349. The second-order valence-corrected chi connectivity index (χ2v) is 9.99. The van der Waals surface area contributed by atoms with Crippen molar-refractivity contribution in [3.63, 3.8) is 0 Å². The van der Waals surface area contributed by atoms with Crippen LogP contribution in [0.5, 0.6) is 0 Å². The van der Waals surface area contributed by atoms with Crippen LogP contribution in [0.15, 0.2) is 54.6 Å². The molecule has 184 valence electrons. The predicted molar refractivity (Wildman–Crippen MR) is 136 cm³/mol. The Bertz CT molecular complexity index is 1060. The van der Waals surface area contributed by atoms with Crippen LogP contribution in [0.3, 0.4) is 0 Å².